The van der Waals surface area contributed by atoms with E-state index in [1.807, 2.05) is 12.1 Å². The zero-order valence-electron chi connectivity index (χ0n) is 16.8. The van der Waals surface area contributed by atoms with Crippen LogP contribution in [0.15, 0.2) is 32.5 Å². The van der Waals surface area contributed by atoms with Crippen LogP contribution in [0.4, 0.5) is 5.95 Å². The number of anilines is 1. The molecule has 2 aliphatic rings. The molecule has 0 unspecified atom stereocenters. The molecule has 1 aliphatic carbocycles. The molecule has 7 nitrogen and oxygen atoms in total. The first-order chi connectivity index (χ1) is 14.3. The summed E-state index contributed by atoms with van der Waals surface area (Å²) in [6.45, 7) is 5.02. The Balaban J connectivity index is 1.38. The number of hydrogen-bond donors (Lipinski definition) is 0. The van der Waals surface area contributed by atoms with Gasteiger partial charge in [-0.2, -0.15) is 0 Å². The molecule has 0 bridgehead atoms. The first-order valence-corrected chi connectivity index (χ1v) is 11.6. The minimum absolute atomic E-state index is 0.640. The topological polar surface area (TPSA) is 73.1 Å². The maximum Gasteiger partial charge on any atom is 0.228 e. The number of nitrogens with zero attached hydrogens (tertiary/aromatic N) is 5. The van der Waals surface area contributed by atoms with Crippen molar-refractivity contribution in [2.75, 3.05) is 18.0 Å². The Kier molecular flexibility index (Phi) is 5.35. The fraction of sp³-hybridized carbons (Fsp3) is 0.571. The third-order valence-electron chi connectivity index (χ3n) is 6.03. The molecule has 8 heteroatoms. The van der Waals surface area contributed by atoms with E-state index < -0.39 is 0 Å². The van der Waals surface area contributed by atoms with Gasteiger partial charge in [0.1, 0.15) is 11.5 Å². The van der Waals surface area contributed by atoms with E-state index in [1.165, 1.54) is 31.2 Å². The summed E-state index contributed by atoms with van der Waals surface area (Å²) in [5.41, 5.74) is 2.37. The first-order valence-electron chi connectivity index (χ1n) is 10.6. The molecule has 3 aromatic heterocycles. The van der Waals surface area contributed by atoms with Gasteiger partial charge in [-0.15, -0.1) is 10.2 Å². The fourth-order valence-electron chi connectivity index (χ4n) is 4.22. The summed E-state index contributed by atoms with van der Waals surface area (Å²) in [6, 6.07) is 3.93. The van der Waals surface area contributed by atoms with Gasteiger partial charge in [-0.1, -0.05) is 23.8 Å². The summed E-state index contributed by atoms with van der Waals surface area (Å²) < 4.78 is 13.4. The molecule has 0 aromatic carbocycles. The Bertz CT molecular complexity index is 941. The molecule has 154 valence electrons. The number of piperidine rings is 1. The molecule has 0 spiro atoms. The maximum absolute atomic E-state index is 5.61. The highest BCUT2D eigenvalue weighted by atomic mass is 32.2. The van der Waals surface area contributed by atoms with Gasteiger partial charge >= 0.3 is 0 Å². The van der Waals surface area contributed by atoms with Crippen molar-refractivity contribution in [3.8, 4) is 0 Å². The van der Waals surface area contributed by atoms with Crippen LogP contribution < -0.4 is 4.90 Å². The van der Waals surface area contributed by atoms with Crippen LogP contribution in [-0.4, -0.2) is 33.0 Å². The van der Waals surface area contributed by atoms with Crippen molar-refractivity contribution in [1.29, 1.82) is 0 Å². The molecule has 0 amide bonds. The van der Waals surface area contributed by atoms with Crippen LogP contribution in [0.25, 0.3) is 0 Å². The van der Waals surface area contributed by atoms with Gasteiger partial charge in [0.15, 0.2) is 5.16 Å². The van der Waals surface area contributed by atoms with Gasteiger partial charge in [-0.25, -0.2) is 0 Å². The van der Waals surface area contributed by atoms with E-state index in [2.05, 4.69) is 31.7 Å². The predicted molar refractivity (Wildman–Crippen MR) is 111 cm³/mol. The molecule has 0 radical (unpaired) electrons. The molecule has 4 heterocycles. The van der Waals surface area contributed by atoms with E-state index in [1.54, 1.807) is 18.0 Å². The summed E-state index contributed by atoms with van der Waals surface area (Å²) in [4.78, 5) is 2.36. The maximum atomic E-state index is 5.61. The summed E-state index contributed by atoms with van der Waals surface area (Å²) >= 11 is 1.68. The third-order valence-corrected chi connectivity index (χ3v) is 7.01. The van der Waals surface area contributed by atoms with Crippen LogP contribution in [0, 0.1) is 5.92 Å². The van der Waals surface area contributed by atoms with Gasteiger partial charge in [0.2, 0.25) is 5.95 Å². The van der Waals surface area contributed by atoms with E-state index in [4.69, 9.17) is 8.94 Å². The second-order valence-electron chi connectivity index (χ2n) is 8.14. The van der Waals surface area contributed by atoms with Crippen molar-refractivity contribution in [2.45, 2.75) is 62.9 Å². The highest BCUT2D eigenvalue weighted by molar-refractivity contribution is 7.98. The largest absolute Gasteiger partial charge is 0.467 e. The van der Waals surface area contributed by atoms with E-state index in [0.717, 1.165) is 65.9 Å². The van der Waals surface area contributed by atoms with Gasteiger partial charge in [0.25, 0.3) is 0 Å². The van der Waals surface area contributed by atoms with Crippen LogP contribution in [-0.2, 0) is 25.1 Å². The first kappa shape index (κ1) is 18.8. The Labute approximate surface area is 174 Å². The molecular formula is C21H27N5O2S. The quantitative estimate of drug-likeness (QED) is 0.557. The Morgan fingerprint density at radius 2 is 2.03 bits per heavy atom. The minimum Gasteiger partial charge on any atom is -0.467 e. The smallest absolute Gasteiger partial charge is 0.228 e. The average molecular weight is 414 g/mol. The Morgan fingerprint density at radius 3 is 2.86 bits per heavy atom. The monoisotopic (exact) mass is 413 g/mol. The number of furan rings is 1. The van der Waals surface area contributed by atoms with Gasteiger partial charge in [0.05, 0.1) is 18.5 Å². The van der Waals surface area contributed by atoms with Crippen LogP contribution in [0.2, 0.25) is 0 Å². The predicted octanol–water partition coefficient (Wildman–Crippen LogP) is 4.31. The van der Waals surface area contributed by atoms with E-state index in [-0.39, 0.29) is 0 Å². The number of thioether (sulfide) groups is 1. The zero-order chi connectivity index (χ0) is 19.6. The van der Waals surface area contributed by atoms with Crippen molar-refractivity contribution in [3.05, 3.63) is 41.2 Å². The van der Waals surface area contributed by atoms with Crippen LogP contribution >= 0.6 is 11.8 Å². The SMILES string of the molecule is CC1CCN(c2nnc(SCc3noc4c3CCCC4)n2Cc2ccco2)CC1. The van der Waals surface area contributed by atoms with Crippen molar-refractivity contribution in [1.82, 2.24) is 19.9 Å². The summed E-state index contributed by atoms with van der Waals surface area (Å²) in [6.07, 6.45) is 8.62. The standard InChI is InChI=1S/C21H27N5O2S/c1-15-8-10-25(11-9-15)20-22-23-21(26(20)13-16-5-4-12-27-16)29-14-18-17-6-2-3-7-19(17)28-24-18/h4-5,12,15H,2-3,6-11,13-14H2,1H3. The summed E-state index contributed by atoms with van der Waals surface area (Å²) in [5.74, 6) is 4.47. The minimum atomic E-state index is 0.640. The lowest BCUT2D eigenvalue weighted by Gasteiger charge is -2.31. The highest BCUT2D eigenvalue weighted by Gasteiger charge is 2.25. The zero-order valence-corrected chi connectivity index (χ0v) is 17.7. The number of hydrogen-bond acceptors (Lipinski definition) is 7. The normalized spacial score (nSPS) is 17.6. The molecule has 3 aromatic rings. The molecule has 1 fully saturated rings. The molecule has 0 atom stereocenters. The van der Waals surface area contributed by atoms with Crippen molar-refractivity contribution < 1.29 is 8.94 Å². The van der Waals surface area contributed by atoms with E-state index in [9.17, 15) is 0 Å². The highest BCUT2D eigenvalue weighted by Crippen LogP contribution is 2.31. The Hall–Kier alpha value is -2.22. The van der Waals surface area contributed by atoms with Gasteiger partial charge in [0, 0.05) is 30.8 Å². The third kappa shape index (κ3) is 3.95. The second kappa shape index (κ2) is 8.26. The molecule has 1 aliphatic heterocycles. The molecule has 0 saturated carbocycles. The van der Waals surface area contributed by atoms with Crippen LogP contribution in [0.3, 0.4) is 0 Å². The molecule has 29 heavy (non-hydrogen) atoms. The second-order valence-corrected chi connectivity index (χ2v) is 9.09. The van der Waals surface area contributed by atoms with Gasteiger partial charge in [-0.3, -0.25) is 4.57 Å². The van der Waals surface area contributed by atoms with E-state index >= 15 is 0 Å². The van der Waals surface area contributed by atoms with Crippen molar-refractivity contribution in [3.63, 3.8) is 0 Å². The van der Waals surface area contributed by atoms with Gasteiger partial charge < -0.3 is 13.8 Å². The van der Waals surface area contributed by atoms with Crippen LogP contribution in [0.5, 0.6) is 0 Å². The van der Waals surface area contributed by atoms with Gasteiger partial charge in [-0.05, 0) is 50.2 Å². The average Bonchev–Trinajstić information content (AvgIpc) is 3.48. The Morgan fingerprint density at radius 1 is 1.17 bits per heavy atom. The summed E-state index contributed by atoms with van der Waals surface area (Å²) in [5, 5.41) is 14.3. The number of fused-ring (bicyclic) bond motifs is 1. The molecular weight excluding hydrogens is 386 g/mol. The lowest BCUT2D eigenvalue weighted by Crippen LogP contribution is -2.35. The van der Waals surface area contributed by atoms with Crippen LogP contribution in [0.1, 0.15) is 55.4 Å². The fourth-order valence-corrected chi connectivity index (χ4v) is 5.12. The van der Waals surface area contributed by atoms with Crippen molar-refractivity contribution >= 4 is 17.7 Å². The number of rotatable bonds is 6. The summed E-state index contributed by atoms with van der Waals surface area (Å²) in [7, 11) is 0. The molecule has 1 saturated heterocycles. The van der Waals surface area contributed by atoms with E-state index in [0.29, 0.717) is 6.54 Å². The lowest BCUT2D eigenvalue weighted by atomic mass is 9.97. The lowest BCUT2D eigenvalue weighted by molar-refractivity contribution is 0.369. The number of aryl methyl sites for hydroxylation is 1. The van der Waals surface area contributed by atoms with Crippen molar-refractivity contribution in [2.24, 2.45) is 5.92 Å². The number of aromatic nitrogens is 4. The molecule has 5 rings (SSSR count). The molecule has 0 N–H and O–H groups in total.